The Morgan fingerprint density at radius 2 is 2.40 bits per heavy atom. The van der Waals surface area contributed by atoms with Gasteiger partial charge in [-0.3, -0.25) is 4.79 Å². The lowest BCUT2D eigenvalue weighted by Crippen LogP contribution is -2.36. The number of aliphatic carboxylic acids is 1. The van der Waals surface area contributed by atoms with Crippen molar-refractivity contribution in [1.29, 1.82) is 0 Å². The summed E-state index contributed by atoms with van der Waals surface area (Å²) >= 11 is 4.63. The fourth-order valence-electron chi connectivity index (χ4n) is 0.752. The molecule has 0 aromatic rings. The van der Waals surface area contributed by atoms with E-state index in [1.165, 1.54) is 0 Å². The van der Waals surface area contributed by atoms with E-state index in [1.807, 2.05) is 0 Å². The summed E-state index contributed by atoms with van der Waals surface area (Å²) in [4.78, 5) is 21.0. The molecule has 1 saturated heterocycles. The molecule has 1 heterocycles. The van der Waals surface area contributed by atoms with Crippen LogP contribution in [0.5, 0.6) is 0 Å². The van der Waals surface area contributed by atoms with E-state index >= 15 is 0 Å². The van der Waals surface area contributed by atoms with E-state index in [1.54, 1.807) is 0 Å². The van der Waals surface area contributed by atoms with Crippen LogP contribution >= 0.6 is 12.2 Å². The summed E-state index contributed by atoms with van der Waals surface area (Å²) in [5, 5.41) is 10.6. The first-order chi connectivity index (χ1) is 4.61. The maximum atomic E-state index is 10.5. The molecule has 1 aliphatic rings. The Bertz CT molecular complexity index is 213. The van der Waals surface area contributed by atoms with Crippen molar-refractivity contribution < 1.29 is 14.7 Å². The molecule has 0 aromatic carbocycles. The SMILES string of the molecule is O=C1CC(=S)[C@@H](C(=O)O)N1. The van der Waals surface area contributed by atoms with Crippen molar-refractivity contribution in [2.45, 2.75) is 12.5 Å². The molecule has 2 N–H and O–H groups in total. The Morgan fingerprint density at radius 1 is 1.80 bits per heavy atom. The first-order valence-electron chi connectivity index (χ1n) is 2.66. The number of rotatable bonds is 1. The van der Waals surface area contributed by atoms with Gasteiger partial charge >= 0.3 is 5.97 Å². The van der Waals surface area contributed by atoms with E-state index in [0.717, 1.165) is 0 Å². The zero-order valence-electron chi connectivity index (χ0n) is 4.96. The average molecular weight is 159 g/mol. The Balaban J connectivity index is 2.72. The van der Waals surface area contributed by atoms with E-state index in [0.29, 0.717) is 0 Å². The lowest BCUT2D eigenvalue weighted by molar-refractivity contribution is -0.138. The van der Waals surface area contributed by atoms with Crippen LogP contribution in [0.15, 0.2) is 0 Å². The maximum Gasteiger partial charge on any atom is 0.331 e. The van der Waals surface area contributed by atoms with Crippen molar-refractivity contribution in [3.05, 3.63) is 0 Å². The van der Waals surface area contributed by atoms with Gasteiger partial charge in [0, 0.05) is 4.86 Å². The number of hydrogen-bond acceptors (Lipinski definition) is 3. The second-order valence-electron chi connectivity index (χ2n) is 1.98. The first kappa shape index (κ1) is 7.14. The smallest absolute Gasteiger partial charge is 0.331 e. The molecule has 1 rings (SSSR count). The number of carbonyl (C=O) groups excluding carboxylic acids is 1. The second-order valence-corrected chi connectivity index (χ2v) is 2.51. The van der Waals surface area contributed by atoms with Crippen molar-refractivity contribution in [1.82, 2.24) is 5.32 Å². The maximum absolute atomic E-state index is 10.5. The topological polar surface area (TPSA) is 66.4 Å². The predicted octanol–water partition coefficient (Wildman–Crippen LogP) is -0.671. The van der Waals surface area contributed by atoms with Crippen LogP contribution < -0.4 is 5.32 Å². The molecule has 5 heteroatoms. The van der Waals surface area contributed by atoms with Crippen molar-refractivity contribution in [3.8, 4) is 0 Å². The molecule has 1 amide bonds. The standard InChI is InChI=1S/C5H5NO3S/c7-3-1-2(10)4(6-3)5(8)9/h4H,1H2,(H,6,7)(H,8,9)/t4-/m0/s1. The minimum atomic E-state index is -1.09. The highest BCUT2D eigenvalue weighted by atomic mass is 32.1. The van der Waals surface area contributed by atoms with Gasteiger partial charge in [-0.2, -0.15) is 0 Å². The molecular weight excluding hydrogens is 154 g/mol. The Morgan fingerprint density at radius 3 is 2.60 bits per heavy atom. The van der Waals surface area contributed by atoms with Gasteiger partial charge < -0.3 is 10.4 Å². The van der Waals surface area contributed by atoms with Crippen molar-refractivity contribution >= 4 is 29.0 Å². The molecule has 0 unspecified atom stereocenters. The van der Waals surface area contributed by atoms with Crippen molar-refractivity contribution in [2.75, 3.05) is 0 Å². The molecular formula is C5H5NO3S. The zero-order valence-corrected chi connectivity index (χ0v) is 5.77. The summed E-state index contributed by atoms with van der Waals surface area (Å²) in [6, 6.07) is -0.942. The van der Waals surface area contributed by atoms with Crippen LogP contribution in [-0.2, 0) is 9.59 Å². The van der Waals surface area contributed by atoms with Crippen molar-refractivity contribution in [2.24, 2.45) is 0 Å². The number of carbonyl (C=O) groups is 2. The third-order valence-corrected chi connectivity index (χ3v) is 1.59. The van der Waals surface area contributed by atoms with Gasteiger partial charge in [0.05, 0.1) is 6.42 Å². The molecule has 54 valence electrons. The summed E-state index contributed by atoms with van der Waals surface area (Å²) in [6.45, 7) is 0. The lowest BCUT2D eigenvalue weighted by Gasteiger charge is -2.00. The van der Waals surface area contributed by atoms with E-state index in [-0.39, 0.29) is 17.2 Å². The monoisotopic (exact) mass is 159 g/mol. The van der Waals surface area contributed by atoms with E-state index in [4.69, 9.17) is 5.11 Å². The quantitative estimate of drug-likeness (QED) is 0.498. The van der Waals surface area contributed by atoms with E-state index in [2.05, 4.69) is 17.5 Å². The number of thiocarbonyl (C=S) groups is 1. The molecule has 1 atom stereocenters. The average Bonchev–Trinajstić information content (AvgIpc) is 2.10. The third kappa shape index (κ3) is 1.13. The van der Waals surface area contributed by atoms with Crippen molar-refractivity contribution in [3.63, 3.8) is 0 Å². The highest BCUT2D eigenvalue weighted by Gasteiger charge is 2.31. The van der Waals surface area contributed by atoms with Gasteiger partial charge in [0.2, 0.25) is 5.91 Å². The van der Waals surface area contributed by atoms with Gasteiger partial charge in [-0.05, 0) is 0 Å². The molecule has 4 nitrogen and oxygen atoms in total. The van der Waals surface area contributed by atoms with Gasteiger partial charge in [0.1, 0.15) is 0 Å². The summed E-state index contributed by atoms with van der Waals surface area (Å²) in [5.41, 5.74) is 0. The summed E-state index contributed by atoms with van der Waals surface area (Å²) in [7, 11) is 0. The number of carboxylic acids is 1. The van der Waals surface area contributed by atoms with Crippen LogP contribution in [-0.4, -0.2) is 27.9 Å². The highest BCUT2D eigenvalue weighted by Crippen LogP contribution is 2.03. The van der Waals surface area contributed by atoms with Crippen LogP contribution in [0.1, 0.15) is 6.42 Å². The van der Waals surface area contributed by atoms with Gasteiger partial charge in [-0.1, -0.05) is 12.2 Å². The molecule has 0 radical (unpaired) electrons. The first-order valence-corrected chi connectivity index (χ1v) is 3.07. The molecule has 1 aliphatic heterocycles. The van der Waals surface area contributed by atoms with Crippen LogP contribution in [0.2, 0.25) is 0 Å². The summed E-state index contributed by atoms with van der Waals surface area (Å²) in [6.07, 6.45) is 0.0618. The highest BCUT2D eigenvalue weighted by molar-refractivity contribution is 7.80. The van der Waals surface area contributed by atoms with Crippen LogP contribution in [0, 0.1) is 0 Å². The molecule has 10 heavy (non-hydrogen) atoms. The number of hydrogen-bond donors (Lipinski definition) is 2. The van der Waals surface area contributed by atoms with E-state index in [9.17, 15) is 9.59 Å². The van der Waals surface area contributed by atoms with Gasteiger partial charge in [-0.25, -0.2) is 4.79 Å². The fraction of sp³-hybridized carbons (Fsp3) is 0.400. The number of carboxylic acid groups (broad SMARTS) is 1. The Kier molecular flexibility index (Phi) is 1.67. The molecule has 1 fully saturated rings. The second kappa shape index (κ2) is 2.34. The Labute approximate surface area is 62.2 Å². The van der Waals surface area contributed by atoms with Gasteiger partial charge in [-0.15, -0.1) is 0 Å². The normalized spacial score (nSPS) is 24.6. The molecule has 0 bridgehead atoms. The van der Waals surface area contributed by atoms with E-state index < -0.39 is 12.0 Å². The van der Waals surface area contributed by atoms with Gasteiger partial charge in [0.15, 0.2) is 6.04 Å². The molecule has 0 aromatic heterocycles. The zero-order chi connectivity index (χ0) is 7.72. The summed E-state index contributed by atoms with van der Waals surface area (Å²) < 4.78 is 0. The van der Waals surface area contributed by atoms with Crippen LogP contribution in [0.4, 0.5) is 0 Å². The molecule has 0 spiro atoms. The molecule has 0 aliphatic carbocycles. The fourth-order valence-corrected chi connectivity index (χ4v) is 1.04. The van der Waals surface area contributed by atoms with Crippen LogP contribution in [0.3, 0.4) is 0 Å². The Hall–Kier alpha value is -0.970. The summed E-state index contributed by atoms with van der Waals surface area (Å²) in [5.74, 6) is -1.40. The third-order valence-electron chi connectivity index (χ3n) is 1.21. The largest absolute Gasteiger partial charge is 0.479 e. The minimum Gasteiger partial charge on any atom is -0.479 e. The number of nitrogens with one attached hydrogen (secondary N) is 1. The van der Waals surface area contributed by atoms with Gasteiger partial charge in [0.25, 0.3) is 0 Å². The van der Waals surface area contributed by atoms with Crippen LogP contribution in [0.25, 0.3) is 0 Å². The predicted molar refractivity (Wildman–Crippen MR) is 36.8 cm³/mol. The number of amides is 1. The lowest BCUT2D eigenvalue weighted by atomic mass is 10.2. The minimum absolute atomic E-state index is 0.0618. The molecule has 0 saturated carbocycles.